The van der Waals surface area contributed by atoms with Crippen LogP contribution in [0.1, 0.15) is 10.4 Å². The van der Waals surface area contributed by atoms with Gasteiger partial charge in [-0.2, -0.15) is 0 Å². The van der Waals surface area contributed by atoms with Crippen molar-refractivity contribution in [3.63, 3.8) is 0 Å². The lowest BCUT2D eigenvalue weighted by molar-refractivity contribution is -0.113. The van der Waals surface area contributed by atoms with Crippen LogP contribution < -0.4 is 16.9 Å². The molecule has 0 fully saturated rings. The van der Waals surface area contributed by atoms with Crippen molar-refractivity contribution in [3.8, 4) is 11.4 Å². The molecular formula is C17H15ClN6O2S. The minimum atomic E-state index is -0.618. The predicted molar refractivity (Wildman–Crippen MR) is 105 cm³/mol. The molecule has 1 aromatic heterocycles. The van der Waals surface area contributed by atoms with Crippen LogP contribution in [0.3, 0.4) is 0 Å². The van der Waals surface area contributed by atoms with Crippen LogP contribution in [0.15, 0.2) is 53.7 Å². The number of halogens is 1. The summed E-state index contributed by atoms with van der Waals surface area (Å²) in [6, 6.07) is 13.5. The summed E-state index contributed by atoms with van der Waals surface area (Å²) in [7, 11) is 0. The lowest BCUT2D eigenvalue weighted by Crippen LogP contribution is -2.20. The van der Waals surface area contributed by atoms with Gasteiger partial charge in [-0.1, -0.05) is 35.5 Å². The Morgan fingerprint density at radius 1 is 1.11 bits per heavy atom. The maximum atomic E-state index is 12.2. The van der Waals surface area contributed by atoms with Gasteiger partial charge in [-0.3, -0.25) is 9.59 Å². The quantitative estimate of drug-likeness (QED) is 0.428. The summed E-state index contributed by atoms with van der Waals surface area (Å²) >= 11 is 6.99. The number of nitrogen functional groups attached to an aromatic ring is 1. The molecule has 0 radical (unpaired) electrons. The minimum absolute atomic E-state index is 0.0308. The highest BCUT2D eigenvalue weighted by atomic mass is 35.5. The largest absolute Gasteiger partial charge is 0.366 e. The molecule has 2 amide bonds. The second kappa shape index (κ2) is 8.11. The van der Waals surface area contributed by atoms with Crippen LogP contribution in [0, 0.1) is 0 Å². The van der Waals surface area contributed by atoms with Crippen molar-refractivity contribution in [1.82, 2.24) is 14.9 Å². The summed E-state index contributed by atoms with van der Waals surface area (Å²) in [5.41, 5.74) is 6.64. The lowest BCUT2D eigenvalue weighted by atomic mass is 10.1. The maximum absolute atomic E-state index is 12.2. The monoisotopic (exact) mass is 402 g/mol. The molecule has 0 spiro atoms. The number of carbonyl (C=O) groups is 2. The molecule has 27 heavy (non-hydrogen) atoms. The molecule has 0 unspecified atom stereocenters. The number of aromatic nitrogens is 3. The number of carbonyl (C=O) groups excluding carboxylic acids is 2. The van der Waals surface area contributed by atoms with Gasteiger partial charge in [0.1, 0.15) is 0 Å². The third-order valence-corrected chi connectivity index (χ3v) is 4.76. The van der Waals surface area contributed by atoms with Crippen LogP contribution in [0.2, 0.25) is 5.02 Å². The molecule has 5 N–H and O–H groups in total. The van der Waals surface area contributed by atoms with E-state index in [2.05, 4.69) is 15.5 Å². The van der Waals surface area contributed by atoms with E-state index in [-0.39, 0.29) is 17.2 Å². The average molecular weight is 403 g/mol. The van der Waals surface area contributed by atoms with E-state index in [0.717, 1.165) is 17.3 Å². The Morgan fingerprint density at radius 3 is 2.52 bits per heavy atom. The topological polar surface area (TPSA) is 129 Å². The SMILES string of the molecule is NC(=O)c1ccccc1NC(=O)CSc1nnc(-c2ccc(Cl)cc2)n1N. The highest BCUT2D eigenvalue weighted by molar-refractivity contribution is 7.99. The van der Waals surface area contributed by atoms with Gasteiger partial charge in [0, 0.05) is 10.6 Å². The Kier molecular flexibility index (Phi) is 5.63. The molecule has 0 atom stereocenters. The summed E-state index contributed by atoms with van der Waals surface area (Å²) in [6.45, 7) is 0. The van der Waals surface area contributed by atoms with Crippen molar-refractivity contribution < 1.29 is 9.59 Å². The van der Waals surface area contributed by atoms with E-state index in [4.69, 9.17) is 23.2 Å². The fourth-order valence-corrected chi connectivity index (χ4v) is 3.08. The second-order valence-corrected chi connectivity index (χ2v) is 6.81. The number of para-hydroxylation sites is 1. The fourth-order valence-electron chi connectivity index (χ4n) is 2.29. The molecule has 0 saturated heterocycles. The third-order valence-electron chi connectivity index (χ3n) is 3.57. The van der Waals surface area contributed by atoms with Gasteiger partial charge in [0.25, 0.3) is 5.91 Å². The predicted octanol–water partition coefficient (Wildman–Crippen LogP) is 2.14. The zero-order valence-corrected chi connectivity index (χ0v) is 15.5. The number of nitrogens with one attached hydrogen (secondary N) is 1. The average Bonchev–Trinajstić information content (AvgIpc) is 3.01. The Labute approximate surface area is 163 Å². The number of benzene rings is 2. The Hall–Kier alpha value is -3.04. The van der Waals surface area contributed by atoms with Crippen LogP contribution in [-0.4, -0.2) is 32.4 Å². The van der Waals surface area contributed by atoms with Crippen LogP contribution in [-0.2, 0) is 4.79 Å². The highest BCUT2D eigenvalue weighted by Crippen LogP contribution is 2.23. The molecule has 0 aliphatic carbocycles. The number of hydrogen-bond acceptors (Lipinski definition) is 6. The van der Waals surface area contributed by atoms with E-state index < -0.39 is 5.91 Å². The van der Waals surface area contributed by atoms with Gasteiger partial charge < -0.3 is 16.9 Å². The first kappa shape index (κ1) is 18.7. The first-order valence-corrected chi connectivity index (χ1v) is 9.10. The van der Waals surface area contributed by atoms with Crippen LogP contribution in [0.5, 0.6) is 0 Å². The number of hydrogen-bond donors (Lipinski definition) is 3. The van der Waals surface area contributed by atoms with Gasteiger partial charge in [0.2, 0.25) is 11.1 Å². The van der Waals surface area contributed by atoms with E-state index in [1.807, 2.05) is 0 Å². The van der Waals surface area contributed by atoms with Gasteiger partial charge in [-0.05, 0) is 36.4 Å². The van der Waals surface area contributed by atoms with E-state index in [1.54, 1.807) is 48.5 Å². The molecule has 0 saturated carbocycles. The number of rotatable bonds is 6. The van der Waals surface area contributed by atoms with Crippen molar-refractivity contribution >= 4 is 40.9 Å². The first-order valence-electron chi connectivity index (χ1n) is 7.73. The van der Waals surface area contributed by atoms with Crippen molar-refractivity contribution in [2.45, 2.75) is 5.16 Å². The number of amides is 2. The van der Waals surface area contributed by atoms with Crippen LogP contribution in [0.25, 0.3) is 11.4 Å². The number of anilines is 1. The summed E-state index contributed by atoms with van der Waals surface area (Å²) in [5, 5.41) is 11.7. The summed E-state index contributed by atoms with van der Waals surface area (Å²) < 4.78 is 1.30. The van der Waals surface area contributed by atoms with Gasteiger partial charge in [0.05, 0.1) is 17.0 Å². The second-order valence-electron chi connectivity index (χ2n) is 5.43. The van der Waals surface area contributed by atoms with Crippen LogP contribution in [0.4, 0.5) is 5.69 Å². The standard InChI is InChI=1S/C17H15ClN6O2S/c18-11-7-5-10(6-8-11)16-22-23-17(24(16)20)27-9-14(25)21-13-4-2-1-3-12(13)15(19)26/h1-8H,9,20H2,(H2,19,26)(H,21,25). The number of primary amides is 1. The summed E-state index contributed by atoms with van der Waals surface area (Å²) in [4.78, 5) is 23.6. The minimum Gasteiger partial charge on any atom is -0.366 e. The Balaban J connectivity index is 1.66. The van der Waals surface area contributed by atoms with Crippen LogP contribution >= 0.6 is 23.4 Å². The molecular weight excluding hydrogens is 388 g/mol. The summed E-state index contributed by atoms with van der Waals surface area (Å²) in [6.07, 6.45) is 0. The fraction of sp³-hybridized carbons (Fsp3) is 0.0588. The Morgan fingerprint density at radius 2 is 1.81 bits per heavy atom. The smallest absolute Gasteiger partial charge is 0.250 e. The van der Waals surface area contributed by atoms with E-state index >= 15 is 0 Å². The van der Waals surface area contributed by atoms with Crippen molar-refractivity contribution in [1.29, 1.82) is 0 Å². The molecule has 0 aliphatic heterocycles. The van der Waals surface area contributed by atoms with E-state index in [0.29, 0.717) is 21.7 Å². The molecule has 2 aromatic carbocycles. The van der Waals surface area contributed by atoms with Gasteiger partial charge >= 0.3 is 0 Å². The zero-order chi connectivity index (χ0) is 19.4. The molecule has 3 aromatic rings. The normalized spacial score (nSPS) is 10.6. The van der Waals surface area contributed by atoms with Crippen molar-refractivity contribution in [2.24, 2.45) is 5.73 Å². The molecule has 10 heteroatoms. The van der Waals surface area contributed by atoms with E-state index in [1.165, 1.54) is 4.68 Å². The molecule has 8 nitrogen and oxygen atoms in total. The summed E-state index contributed by atoms with van der Waals surface area (Å²) in [5.74, 6) is 5.56. The zero-order valence-electron chi connectivity index (χ0n) is 13.9. The number of thioether (sulfide) groups is 1. The highest BCUT2D eigenvalue weighted by Gasteiger charge is 2.15. The third kappa shape index (κ3) is 4.39. The Bertz CT molecular complexity index is 989. The van der Waals surface area contributed by atoms with Gasteiger partial charge in [0.15, 0.2) is 5.82 Å². The number of nitrogens with zero attached hydrogens (tertiary/aromatic N) is 3. The first-order chi connectivity index (χ1) is 13.0. The maximum Gasteiger partial charge on any atom is 0.250 e. The molecule has 3 rings (SSSR count). The van der Waals surface area contributed by atoms with Crippen molar-refractivity contribution in [3.05, 3.63) is 59.1 Å². The van der Waals surface area contributed by atoms with E-state index in [9.17, 15) is 9.59 Å². The van der Waals surface area contributed by atoms with Gasteiger partial charge in [-0.15, -0.1) is 10.2 Å². The molecule has 138 valence electrons. The lowest BCUT2D eigenvalue weighted by Gasteiger charge is -2.08. The molecule has 1 heterocycles. The number of nitrogens with two attached hydrogens (primary N) is 2. The molecule has 0 aliphatic rings. The van der Waals surface area contributed by atoms with Gasteiger partial charge in [-0.25, -0.2) is 4.68 Å². The molecule has 0 bridgehead atoms. The van der Waals surface area contributed by atoms with Crippen molar-refractivity contribution in [2.75, 3.05) is 16.9 Å².